The largest absolute Gasteiger partial charge is 0.507 e. The summed E-state index contributed by atoms with van der Waals surface area (Å²) < 4.78 is 23.7. The van der Waals surface area contributed by atoms with E-state index in [9.17, 15) is 14.3 Å². The molecule has 1 aliphatic heterocycles. The summed E-state index contributed by atoms with van der Waals surface area (Å²) in [5.41, 5.74) is 0.485. The minimum atomic E-state index is -0.608. The Hall–Kier alpha value is -2.76. The van der Waals surface area contributed by atoms with Crippen LogP contribution in [0.25, 0.3) is 0 Å². The van der Waals surface area contributed by atoms with Crippen LogP contribution < -0.4 is 14.8 Å². The molecule has 3 rings (SSSR count). The number of carbonyl (C=O) groups is 1. The first-order valence-corrected chi connectivity index (χ1v) is 6.33. The molecule has 2 aromatic rings. The van der Waals surface area contributed by atoms with E-state index in [-0.39, 0.29) is 5.56 Å². The van der Waals surface area contributed by atoms with Crippen LogP contribution in [-0.2, 0) is 0 Å². The molecule has 21 heavy (non-hydrogen) atoms. The predicted molar refractivity (Wildman–Crippen MR) is 73.5 cm³/mol. The molecule has 2 N–H and O–H groups in total. The third-order valence-corrected chi connectivity index (χ3v) is 3.00. The highest BCUT2D eigenvalue weighted by atomic mass is 19.1. The van der Waals surface area contributed by atoms with E-state index < -0.39 is 17.5 Å². The van der Waals surface area contributed by atoms with E-state index in [2.05, 4.69) is 5.32 Å². The molecule has 0 atom stereocenters. The maximum absolute atomic E-state index is 12.9. The van der Waals surface area contributed by atoms with Crippen molar-refractivity contribution in [1.82, 2.24) is 0 Å². The highest BCUT2D eigenvalue weighted by Crippen LogP contribution is 2.33. The van der Waals surface area contributed by atoms with Gasteiger partial charge < -0.3 is 19.9 Å². The van der Waals surface area contributed by atoms with Gasteiger partial charge in [-0.15, -0.1) is 0 Å². The number of hydrogen-bond acceptors (Lipinski definition) is 4. The van der Waals surface area contributed by atoms with Crippen LogP contribution in [0, 0.1) is 5.82 Å². The topological polar surface area (TPSA) is 67.8 Å². The molecule has 2 aromatic carbocycles. The summed E-state index contributed by atoms with van der Waals surface area (Å²) in [5, 5.41) is 12.2. The second kappa shape index (κ2) is 5.32. The van der Waals surface area contributed by atoms with Crippen molar-refractivity contribution in [2.75, 3.05) is 18.5 Å². The van der Waals surface area contributed by atoms with Crippen molar-refractivity contribution >= 4 is 11.6 Å². The molecular formula is C15H12FNO4. The SMILES string of the molecule is O=C(Nc1ccc2c(c1)OCCO2)c1ccc(F)cc1O. The number of anilines is 1. The number of carbonyl (C=O) groups excluding carboxylic acids is 1. The maximum atomic E-state index is 12.9. The fraction of sp³-hybridized carbons (Fsp3) is 0.133. The van der Waals surface area contributed by atoms with Gasteiger partial charge in [-0.2, -0.15) is 0 Å². The number of ether oxygens (including phenoxy) is 2. The van der Waals surface area contributed by atoms with Crippen LogP contribution in [0.3, 0.4) is 0 Å². The van der Waals surface area contributed by atoms with Gasteiger partial charge in [-0.1, -0.05) is 0 Å². The summed E-state index contributed by atoms with van der Waals surface area (Å²) in [6.07, 6.45) is 0. The number of benzene rings is 2. The van der Waals surface area contributed by atoms with Gasteiger partial charge in [0.2, 0.25) is 0 Å². The van der Waals surface area contributed by atoms with Crippen molar-refractivity contribution in [3.63, 3.8) is 0 Å². The summed E-state index contributed by atoms with van der Waals surface area (Å²) in [5.74, 6) is -0.399. The van der Waals surface area contributed by atoms with E-state index in [1.807, 2.05) is 0 Å². The number of halogens is 1. The Morgan fingerprint density at radius 1 is 1.10 bits per heavy atom. The lowest BCUT2D eigenvalue weighted by molar-refractivity contribution is 0.102. The van der Waals surface area contributed by atoms with Gasteiger partial charge >= 0.3 is 0 Å². The summed E-state index contributed by atoms with van der Waals surface area (Å²) in [6.45, 7) is 0.936. The van der Waals surface area contributed by atoms with Gasteiger partial charge in [-0.3, -0.25) is 4.79 Å². The number of phenols is 1. The zero-order valence-corrected chi connectivity index (χ0v) is 10.9. The van der Waals surface area contributed by atoms with E-state index in [1.165, 1.54) is 6.07 Å². The third kappa shape index (κ3) is 2.74. The zero-order chi connectivity index (χ0) is 14.8. The molecule has 108 valence electrons. The van der Waals surface area contributed by atoms with E-state index in [4.69, 9.17) is 9.47 Å². The Kier molecular flexibility index (Phi) is 3.35. The molecule has 0 fully saturated rings. The zero-order valence-electron chi connectivity index (χ0n) is 10.9. The molecule has 0 radical (unpaired) electrons. The highest BCUT2D eigenvalue weighted by molar-refractivity contribution is 6.06. The van der Waals surface area contributed by atoms with Crippen molar-refractivity contribution in [2.45, 2.75) is 0 Å². The van der Waals surface area contributed by atoms with Crippen LogP contribution >= 0.6 is 0 Å². The average Bonchev–Trinajstić information content (AvgIpc) is 2.47. The number of rotatable bonds is 2. The molecular weight excluding hydrogens is 277 g/mol. The lowest BCUT2D eigenvalue weighted by atomic mass is 10.1. The molecule has 5 nitrogen and oxygen atoms in total. The Morgan fingerprint density at radius 2 is 1.86 bits per heavy atom. The molecule has 6 heteroatoms. The Labute approximate surface area is 119 Å². The fourth-order valence-corrected chi connectivity index (χ4v) is 2.02. The Bertz CT molecular complexity index is 702. The van der Waals surface area contributed by atoms with Crippen molar-refractivity contribution < 1.29 is 23.8 Å². The number of amides is 1. The second-order valence-electron chi connectivity index (χ2n) is 4.47. The maximum Gasteiger partial charge on any atom is 0.259 e. The van der Waals surface area contributed by atoms with E-state index in [1.54, 1.807) is 18.2 Å². The molecule has 0 saturated carbocycles. The fourth-order valence-electron chi connectivity index (χ4n) is 2.02. The lowest BCUT2D eigenvalue weighted by Gasteiger charge is -2.19. The Morgan fingerprint density at radius 3 is 2.62 bits per heavy atom. The number of hydrogen-bond donors (Lipinski definition) is 2. The van der Waals surface area contributed by atoms with E-state index >= 15 is 0 Å². The van der Waals surface area contributed by atoms with Crippen LogP contribution in [0.5, 0.6) is 17.2 Å². The number of phenolic OH excluding ortho intramolecular Hbond substituents is 1. The first-order chi connectivity index (χ1) is 10.1. The van der Waals surface area contributed by atoms with Crippen molar-refractivity contribution in [1.29, 1.82) is 0 Å². The van der Waals surface area contributed by atoms with Gasteiger partial charge in [0.1, 0.15) is 24.8 Å². The minimum absolute atomic E-state index is 0.00807. The smallest absolute Gasteiger partial charge is 0.259 e. The molecule has 0 aliphatic carbocycles. The van der Waals surface area contributed by atoms with Crippen molar-refractivity contribution in [2.24, 2.45) is 0 Å². The van der Waals surface area contributed by atoms with Gasteiger partial charge in [0.25, 0.3) is 5.91 Å². The summed E-state index contributed by atoms with van der Waals surface area (Å²) in [7, 11) is 0. The molecule has 0 spiro atoms. The van der Waals surface area contributed by atoms with Crippen LogP contribution in [0.1, 0.15) is 10.4 Å². The molecule has 1 aliphatic rings. The van der Waals surface area contributed by atoms with Gasteiger partial charge in [0, 0.05) is 17.8 Å². The average molecular weight is 289 g/mol. The van der Waals surface area contributed by atoms with E-state index in [0.717, 1.165) is 12.1 Å². The van der Waals surface area contributed by atoms with Crippen LogP contribution in [0.2, 0.25) is 0 Å². The molecule has 0 saturated heterocycles. The first kappa shape index (κ1) is 13.2. The molecule has 1 heterocycles. The monoisotopic (exact) mass is 289 g/mol. The Balaban J connectivity index is 1.81. The lowest BCUT2D eigenvalue weighted by Crippen LogP contribution is -2.16. The summed E-state index contributed by atoms with van der Waals surface area (Å²) in [6, 6.07) is 8.20. The molecule has 0 aromatic heterocycles. The molecule has 1 amide bonds. The number of nitrogens with one attached hydrogen (secondary N) is 1. The van der Waals surface area contributed by atoms with Crippen LogP contribution in [-0.4, -0.2) is 24.2 Å². The van der Waals surface area contributed by atoms with Gasteiger partial charge in [0.15, 0.2) is 11.5 Å². The van der Waals surface area contributed by atoms with Gasteiger partial charge in [-0.05, 0) is 24.3 Å². The predicted octanol–water partition coefficient (Wildman–Crippen LogP) is 2.55. The van der Waals surface area contributed by atoms with Gasteiger partial charge in [-0.25, -0.2) is 4.39 Å². The van der Waals surface area contributed by atoms with Crippen LogP contribution in [0.4, 0.5) is 10.1 Å². The first-order valence-electron chi connectivity index (χ1n) is 6.33. The van der Waals surface area contributed by atoms with Gasteiger partial charge in [0.05, 0.1) is 5.56 Å². The van der Waals surface area contributed by atoms with Crippen LogP contribution in [0.15, 0.2) is 36.4 Å². The van der Waals surface area contributed by atoms with Crippen molar-refractivity contribution in [3.8, 4) is 17.2 Å². The second-order valence-corrected chi connectivity index (χ2v) is 4.47. The quantitative estimate of drug-likeness (QED) is 0.891. The highest BCUT2D eigenvalue weighted by Gasteiger charge is 2.15. The molecule has 0 bridgehead atoms. The van der Waals surface area contributed by atoms with Crippen molar-refractivity contribution in [3.05, 3.63) is 47.8 Å². The van der Waals surface area contributed by atoms with E-state index in [0.29, 0.717) is 30.4 Å². The third-order valence-electron chi connectivity index (χ3n) is 3.00. The normalized spacial score (nSPS) is 12.8. The summed E-state index contributed by atoms with van der Waals surface area (Å²) in [4.78, 5) is 12.0. The number of aromatic hydroxyl groups is 1. The number of fused-ring (bicyclic) bond motifs is 1. The summed E-state index contributed by atoms with van der Waals surface area (Å²) >= 11 is 0. The molecule has 0 unspecified atom stereocenters. The standard InChI is InChI=1S/C15H12FNO4/c16-9-1-3-11(12(18)7-9)15(19)17-10-2-4-13-14(8-10)21-6-5-20-13/h1-4,7-8,18H,5-6H2,(H,17,19). The minimum Gasteiger partial charge on any atom is -0.507 e.